The molecule has 2 heterocycles. The average Bonchev–Trinajstić information content (AvgIpc) is 3.52. The summed E-state index contributed by atoms with van der Waals surface area (Å²) in [4.78, 5) is 9.06. The minimum Gasteiger partial charge on any atom is -0.390 e. The smallest absolute Gasteiger partial charge is 0.252 e. The van der Waals surface area contributed by atoms with Crippen LogP contribution in [0, 0.1) is 29.1 Å². The highest BCUT2D eigenvalue weighted by Gasteiger charge is 2.58. The molecule has 0 unspecified atom stereocenters. The van der Waals surface area contributed by atoms with Crippen molar-refractivity contribution in [2.75, 3.05) is 6.54 Å². The Balaban J connectivity index is 1.73. The number of alkyl halides is 2. The molecule has 1 fully saturated rings. The van der Waals surface area contributed by atoms with Gasteiger partial charge in [0.05, 0.1) is 22.1 Å². The lowest BCUT2D eigenvalue weighted by Crippen LogP contribution is -2.34. The van der Waals surface area contributed by atoms with Crippen LogP contribution in [0.1, 0.15) is 36.8 Å². The Morgan fingerprint density at radius 3 is 2.69 bits per heavy atom. The van der Waals surface area contributed by atoms with Crippen molar-refractivity contribution < 1.29 is 8.78 Å². The summed E-state index contributed by atoms with van der Waals surface area (Å²) >= 11 is 0. The van der Waals surface area contributed by atoms with E-state index in [4.69, 9.17) is 5.41 Å². The van der Waals surface area contributed by atoms with Crippen molar-refractivity contribution in [1.29, 1.82) is 10.7 Å². The molecule has 0 spiro atoms. The second kappa shape index (κ2) is 7.83. The van der Waals surface area contributed by atoms with Gasteiger partial charge >= 0.3 is 0 Å². The minimum absolute atomic E-state index is 0.131. The zero-order valence-electron chi connectivity index (χ0n) is 18.2. The van der Waals surface area contributed by atoms with E-state index in [0.717, 1.165) is 35.6 Å². The Hall–Kier alpha value is -3.60. The van der Waals surface area contributed by atoms with E-state index in [0.29, 0.717) is 29.7 Å². The summed E-state index contributed by atoms with van der Waals surface area (Å²) in [5.41, 5.74) is 3.42. The number of nitrogens with zero attached hydrogens (tertiary/aromatic N) is 4. The number of nitriles is 1. The number of aryl methyl sites for hydroxylation is 2. The molecule has 164 valence electrons. The van der Waals surface area contributed by atoms with E-state index in [1.54, 1.807) is 18.3 Å². The maximum absolute atomic E-state index is 13.9. The number of rotatable bonds is 7. The molecular formula is C24H24F2N6. The molecule has 4 rings (SSSR count). The predicted octanol–water partition coefficient (Wildman–Crippen LogP) is 4.83. The number of aromatic nitrogens is 3. The SMILES string of the molecule is Cc1nc2cc(-c3nc(C#N)ccc3/C(C=N)=C/NCC3(C(C)(F)F)CC3)ccc2n1C. The maximum Gasteiger partial charge on any atom is 0.252 e. The number of halogens is 2. The lowest BCUT2D eigenvalue weighted by molar-refractivity contribution is -0.0523. The third-order valence-electron chi connectivity index (χ3n) is 6.34. The number of hydrogen-bond acceptors (Lipinski definition) is 5. The monoisotopic (exact) mass is 434 g/mol. The maximum atomic E-state index is 13.9. The van der Waals surface area contributed by atoms with Gasteiger partial charge in [0.2, 0.25) is 0 Å². The van der Waals surface area contributed by atoms with Gasteiger partial charge in [0, 0.05) is 42.7 Å². The fourth-order valence-corrected chi connectivity index (χ4v) is 3.92. The zero-order valence-corrected chi connectivity index (χ0v) is 18.2. The number of pyridine rings is 1. The highest BCUT2D eigenvalue weighted by atomic mass is 19.3. The second-order valence-electron chi connectivity index (χ2n) is 8.42. The molecule has 0 amide bonds. The summed E-state index contributed by atoms with van der Waals surface area (Å²) in [5.74, 6) is -1.88. The fourth-order valence-electron chi connectivity index (χ4n) is 3.92. The van der Waals surface area contributed by atoms with Gasteiger partial charge in [-0.15, -0.1) is 0 Å². The van der Waals surface area contributed by atoms with E-state index < -0.39 is 11.3 Å². The summed E-state index contributed by atoms with van der Waals surface area (Å²) in [6.07, 6.45) is 3.69. The normalized spacial score (nSPS) is 15.4. The van der Waals surface area contributed by atoms with Crippen molar-refractivity contribution in [1.82, 2.24) is 19.9 Å². The standard InChI is InChI=1S/C24H24F2N6/c1-15-30-20-10-16(4-7-21(20)32(15)3)22-19(6-5-18(12-28)31-22)17(11-27)13-29-14-24(8-9-24)23(2,25)26/h4-7,10-11,13,27,29H,8-9,14H2,1-3H3/b17-13+,27-11?. The molecule has 1 saturated carbocycles. The molecule has 6 nitrogen and oxygen atoms in total. The van der Waals surface area contributed by atoms with Crippen molar-refractivity contribution in [3.8, 4) is 17.3 Å². The Bertz CT molecular complexity index is 1270. The van der Waals surface area contributed by atoms with Crippen LogP contribution in [0.2, 0.25) is 0 Å². The van der Waals surface area contributed by atoms with Crippen LogP contribution in [0.25, 0.3) is 27.9 Å². The molecule has 32 heavy (non-hydrogen) atoms. The quantitative estimate of drug-likeness (QED) is 0.521. The molecule has 8 heteroatoms. The summed E-state index contributed by atoms with van der Waals surface area (Å²) in [5, 5.41) is 20.2. The van der Waals surface area contributed by atoms with Crippen LogP contribution >= 0.6 is 0 Å². The topological polar surface area (TPSA) is 90.4 Å². The number of fused-ring (bicyclic) bond motifs is 1. The van der Waals surface area contributed by atoms with Crippen molar-refractivity contribution in [2.24, 2.45) is 12.5 Å². The van der Waals surface area contributed by atoms with Gasteiger partial charge in [-0.3, -0.25) is 0 Å². The van der Waals surface area contributed by atoms with Crippen LogP contribution in [0.5, 0.6) is 0 Å². The lowest BCUT2D eigenvalue weighted by Gasteiger charge is -2.23. The molecule has 1 aliphatic carbocycles. The van der Waals surface area contributed by atoms with Crippen LogP contribution in [-0.2, 0) is 7.05 Å². The number of benzene rings is 1. The number of imidazole rings is 1. The molecule has 0 aliphatic heterocycles. The van der Waals surface area contributed by atoms with E-state index in [9.17, 15) is 14.0 Å². The summed E-state index contributed by atoms with van der Waals surface area (Å²) < 4.78 is 29.7. The molecule has 0 bridgehead atoms. The highest BCUT2D eigenvalue weighted by Crippen LogP contribution is 2.56. The second-order valence-corrected chi connectivity index (χ2v) is 8.42. The first kappa shape index (κ1) is 21.6. The summed E-state index contributed by atoms with van der Waals surface area (Å²) in [6.45, 7) is 3.01. The van der Waals surface area contributed by atoms with Crippen molar-refractivity contribution in [3.63, 3.8) is 0 Å². The van der Waals surface area contributed by atoms with Gasteiger partial charge in [-0.05, 0) is 51.0 Å². The molecule has 0 atom stereocenters. The molecule has 2 N–H and O–H groups in total. The first-order chi connectivity index (χ1) is 15.2. The molecule has 3 aromatic rings. The van der Waals surface area contributed by atoms with Crippen LogP contribution in [0.3, 0.4) is 0 Å². The third kappa shape index (κ3) is 3.75. The van der Waals surface area contributed by atoms with Crippen LogP contribution in [0.15, 0.2) is 36.5 Å². The summed E-state index contributed by atoms with van der Waals surface area (Å²) in [6, 6.07) is 11.1. The molecule has 1 aromatic carbocycles. The fraction of sp³-hybridized carbons (Fsp3) is 0.333. The molecular weight excluding hydrogens is 410 g/mol. The third-order valence-corrected chi connectivity index (χ3v) is 6.34. The van der Waals surface area contributed by atoms with Gasteiger partial charge in [-0.2, -0.15) is 5.26 Å². The van der Waals surface area contributed by atoms with Gasteiger partial charge in [-0.1, -0.05) is 6.07 Å². The minimum atomic E-state index is -2.75. The number of allylic oxidation sites excluding steroid dienone is 1. The molecule has 0 saturated heterocycles. The zero-order chi connectivity index (χ0) is 23.1. The van der Waals surface area contributed by atoms with Gasteiger partial charge in [0.1, 0.15) is 17.6 Å². The van der Waals surface area contributed by atoms with Crippen molar-refractivity contribution in [3.05, 3.63) is 53.6 Å². The van der Waals surface area contributed by atoms with E-state index in [-0.39, 0.29) is 12.2 Å². The van der Waals surface area contributed by atoms with Crippen molar-refractivity contribution in [2.45, 2.75) is 32.6 Å². The highest BCUT2D eigenvalue weighted by molar-refractivity contribution is 6.10. The number of hydrogen-bond donors (Lipinski definition) is 2. The van der Waals surface area contributed by atoms with Crippen LogP contribution in [0.4, 0.5) is 8.78 Å². The van der Waals surface area contributed by atoms with E-state index in [2.05, 4.69) is 21.4 Å². The molecule has 0 radical (unpaired) electrons. The Morgan fingerprint density at radius 2 is 2.06 bits per heavy atom. The van der Waals surface area contributed by atoms with Gasteiger partial charge in [0.25, 0.3) is 5.92 Å². The first-order valence-electron chi connectivity index (χ1n) is 10.4. The Kier molecular flexibility index (Phi) is 5.29. The van der Waals surface area contributed by atoms with E-state index in [1.807, 2.05) is 36.7 Å². The van der Waals surface area contributed by atoms with Crippen molar-refractivity contribution >= 4 is 22.8 Å². The predicted molar refractivity (Wildman–Crippen MR) is 120 cm³/mol. The van der Waals surface area contributed by atoms with Gasteiger partial charge in [-0.25, -0.2) is 18.7 Å². The van der Waals surface area contributed by atoms with Crippen LogP contribution < -0.4 is 5.32 Å². The lowest BCUT2D eigenvalue weighted by atomic mass is 9.98. The average molecular weight is 434 g/mol. The Morgan fingerprint density at radius 1 is 1.31 bits per heavy atom. The number of nitrogens with one attached hydrogen (secondary N) is 2. The Labute approximate surface area is 185 Å². The van der Waals surface area contributed by atoms with Gasteiger partial charge in [0.15, 0.2) is 0 Å². The summed E-state index contributed by atoms with van der Waals surface area (Å²) in [7, 11) is 1.94. The first-order valence-corrected chi connectivity index (χ1v) is 10.4. The molecule has 2 aromatic heterocycles. The largest absolute Gasteiger partial charge is 0.390 e. The van der Waals surface area contributed by atoms with Gasteiger partial charge < -0.3 is 15.3 Å². The van der Waals surface area contributed by atoms with E-state index in [1.165, 1.54) is 0 Å². The molecule has 1 aliphatic rings. The van der Waals surface area contributed by atoms with Crippen LogP contribution in [-0.4, -0.2) is 33.2 Å². The van der Waals surface area contributed by atoms with E-state index >= 15 is 0 Å².